The van der Waals surface area contributed by atoms with Gasteiger partial charge in [-0.3, -0.25) is 9.59 Å². The molecule has 5 nitrogen and oxygen atoms in total. The van der Waals surface area contributed by atoms with Crippen LogP contribution in [-0.4, -0.2) is 37.1 Å². The van der Waals surface area contributed by atoms with E-state index >= 15 is 0 Å². The molecule has 1 atom stereocenters. The summed E-state index contributed by atoms with van der Waals surface area (Å²) in [6, 6.07) is 0. The number of halogens is 1. The summed E-state index contributed by atoms with van der Waals surface area (Å²) in [4.78, 5) is 27.3. The second-order valence-electron chi connectivity index (χ2n) is 4.80. The summed E-state index contributed by atoms with van der Waals surface area (Å²) in [5.74, 6) is 0.0178. The molecule has 1 aliphatic heterocycles. The Labute approximate surface area is 128 Å². The first-order valence-corrected chi connectivity index (χ1v) is 7.25. The van der Waals surface area contributed by atoms with E-state index in [-0.39, 0.29) is 17.7 Å². The molecule has 0 saturated carbocycles. The number of nitrogens with one attached hydrogen (secondary N) is 1. The maximum Gasteiger partial charge on any atom is 0.248 e. The summed E-state index contributed by atoms with van der Waals surface area (Å²) in [6.45, 7) is 0.390. The van der Waals surface area contributed by atoms with E-state index in [2.05, 4.69) is 10.3 Å². The number of carbonyl (C=O) groups excluding carboxylic acids is 2. The average Bonchev–Trinajstić information content (AvgIpc) is 2.45. The molecule has 1 unspecified atom stereocenters. The van der Waals surface area contributed by atoms with Gasteiger partial charge in [0.1, 0.15) is 0 Å². The number of hydrogen-bond donors (Lipinski definition) is 1. The second-order valence-corrected chi connectivity index (χ2v) is 5.18. The van der Waals surface area contributed by atoms with Crippen LogP contribution < -0.4 is 5.32 Å². The fourth-order valence-corrected chi connectivity index (χ4v) is 2.39. The quantitative estimate of drug-likeness (QED) is 0.787. The molecule has 0 saturated heterocycles. The molecule has 2 amide bonds. The first kappa shape index (κ1) is 15.7. The SMILES string of the molecule is COCC1=CC(=O)NC2=CC(=NC(=O)CCCCl)C=CC12. The Hall–Kier alpha value is -1.72. The Balaban J connectivity index is 2.15. The van der Waals surface area contributed by atoms with E-state index in [1.807, 2.05) is 6.08 Å². The van der Waals surface area contributed by atoms with Gasteiger partial charge in [-0.05, 0) is 24.1 Å². The van der Waals surface area contributed by atoms with Gasteiger partial charge in [0.05, 0.1) is 12.3 Å². The van der Waals surface area contributed by atoms with Crippen LogP contribution >= 0.6 is 11.6 Å². The summed E-state index contributed by atoms with van der Waals surface area (Å²) >= 11 is 5.55. The number of carbonyl (C=O) groups is 2. The molecule has 0 aromatic carbocycles. The molecule has 6 heteroatoms. The molecular weight excluding hydrogens is 292 g/mol. The Morgan fingerprint density at radius 1 is 1.48 bits per heavy atom. The number of amides is 2. The van der Waals surface area contributed by atoms with Crippen LogP contribution in [0.1, 0.15) is 12.8 Å². The largest absolute Gasteiger partial charge is 0.380 e. The number of methoxy groups -OCH3 is 1. The average molecular weight is 309 g/mol. The molecule has 0 bridgehead atoms. The number of nitrogens with zero attached hydrogens (tertiary/aromatic N) is 1. The van der Waals surface area contributed by atoms with Crippen LogP contribution in [0, 0.1) is 5.92 Å². The van der Waals surface area contributed by atoms with Gasteiger partial charge in [0, 0.05) is 37.1 Å². The first-order chi connectivity index (χ1) is 10.1. The zero-order valence-electron chi connectivity index (χ0n) is 11.8. The van der Waals surface area contributed by atoms with Crippen molar-refractivity contribution in [2.24, 2.45) is 10.9 Å². The fourth-order valence-electron chi connectivity index (χ4n) is 2.25. The highest BCUT2D eigenvalue weighted by molar-refractivity contribution is 6.18. The van der Waals surface area contributed by atoms with Gasteiger partial charge in [-0.15, -0.1) is 11.6 Å². The molecule has 2 rings (SSSR count). The van der Waals surface area contributed by atoms with E-state index in [4.69, 9.17) is 16.3 Å². The first-order valence-electron chi connectivity index (χ1n) is 6.71. The Bertz CT molecular complexity index is 561. The molecule has 0 aromatic heterocycles. The number of aliphatic imine (C=N–C) groups is 1. The summed E-state index contributed by atoms with van der Waals surface area (Å²) in [5.41, 5.74) is 2.15. The maximum absolute atomic E-state index is 11.6. The summed E-state index contributed by atoms with van der Waals surface area (Å²) in [7, 11) is 1.59. The van der Waals surface area contributed by atoms with Crippen molar-refractivity contribution in [2.45, 2.75) is 12.8 Å². The third-order valence-electron chi connectivity index (χ3n) is 3.17. The summed E-state index contributed by atoms with van der Waals surface area (Å²) < 4.78 is 5.11. The predicted octanol–water partition coefficient (Wildman–Crippen LogP) is 1.75. The molecule has 21 heavy (non-hydrogen) atoms. The Morgan fingerprint density at radius 3 is 3.00 bits per heavy atom. The van der Waals surface area contributed by atoms with Gasteiger partial charge in [-0.25, -0.2) is 4.99 Å². The highest BCUT2D eigenvalue weighted by Crippen LogP contribution is 2.27. The van der Waals surface area contributed by atoms with Crippen molar-refractivity contribution in [3.8, 4) is 0 Å². The van der Waals surface area contributed by atoms with Crippen molar-refractivity contribution in [1.29, 1.82) is 0 Å². The van der Waals surface area contributed by atoms with Crippen LogP contribution in [0.2, 0.25) is 0 Å². The van der Waals surface area contributed by atoms with Gasteiger partial charge in [0.25, 0.3) is 0 Å². The molecule has 0 spiro atoms. The van der Waals surface area contributed by atoms with Crippen LogP contribution in [0.25, 0.3) is 0 Å². The molecule has 0 aromatic rings. The van der Waals surface area contributed by atoms with Gasteiger partial charge < -0.3 is 10.1 Å². The molecule has 2 aliphatic rings. The van der Waals surface area contributed by atoms with E-state index < -0.39 is 0 Å². The Kier molecular flexibility index (Phi) is 5.47. The third kappa shape index (κ3) is 4.12. The number of rotatable bonds is 5. The smallest absolute Gasteiger partial charge is 0.248 e. The molecule has 1 aliphatic carbocycles. The number of hydrogen-bond acceptors (Lipinski definition) is 3. The lowest BCUT2D eigenvalue weighted by Crippen LogP contribution is -2.34. The zero-order valence-corrected chi connectivity index (χ0v) is 12.5. The van der Waals surface area contributed by atoms with Gasteiger partial charge in [0.2, 0.25) is 11.8 Å². The van der Waals surface area contributed by atoms with Gasteiger partial charge in [-0.1, -0.05) is 6.08 Å². The minimum atomic E-state index is -0.208. The standard InChI is InChI=1S/C15H17ClN2O3/c1-21-9-10-7-15(20)18-13-8-11(4-5-12(10)13)17-14(19)3-2-6-16/h4-5,7-8,12H,2-3,6,9H2,1H3,(H,18,20). The van der Waals surface area contributed by atoms with E-state index in [1.165, 1.54) is 0 Å². The van der Waals surface area contributed by atoms with Crippen molar-refractivity contribution in [1.82, 2.24) is 5.32 Å². The van der Waals surface area contributed by atoms with Crippen molar-refractivity contribution >= 4 is 29.1 Å². The van der Waals surface area contributed by atoms with Crippen molar-refractivity contribution < 1.29 is 14.3 Å². The molecule has 1 heterocycles. The van der Waals surface area contributed by atoms with Gasteiger partial charge >= 0.3 is 0 Å². The highest BCUT2D eigenvalue weighted by Gasteiger charge is 2.26. The number of allylic oxidation sites excluding steroid dienone is 3. The van der Waals surface area contributed by atoms with Crippen LogP contribution in [-0.2, 0) is 14.3 Å². The van der Waals surface area contributed by atoms with Gasteiger partial charge in [-0.2, -0.15) is 0 Å². The number of fused-ring (bicyclic) bond motifs is 1. The van der Waals surface area contributed by atoms with Crippen LogP contribution in [0.15, 0.2) is 40.6 Å². The fraction of sp³-hybridized carbons (Fsp3) is 0.400. The molecule has 1 N–H and O–H groups in total. The van der Waals surface area contributed by atoms with Crippen LogP contribution in [0.4, 0.5) is 0 Å². The number of alkyl halides is 1. The monoisotopic (exact) mass is 308 g/mol. The lowest BCUT2D eigenvalue weighted by atomic mass is 9.88. The van der Waals surface area contributed by atoms with E-state index in [0.29, 0.717) is 31.0 Å². The summed E-state index contributed by atoms with van der Waals surface area (Å²) in [5, 5.41) is 2.78. The second kappa shape index (κ2) is 7.33. The van der Waals surface area contributed by atoms with E-state index in [1.54, 1.807) is 25.3 Å². The minimum absolute atomic E-state index is 0.0282. The van der Waals surface area contributed by atoms with Crippen molar-refractivity contribution in [3.05, 3.63) is 35.6 Å². The lowest BCUT2D eigenvalue weighted by Gasteiger charge is -2.27. The Morgan fingerprint density at radius 2 is 2.29 bits per heavy atom. The van der Waals surface area contributed by atoms with Crippen molar-refractivity contribution in [2.75, 3.05) is 19.6 Å². The summed E-state index contributed by atoms with van der Waals surface area (Å²) in [6.07, 6.45) is 7.90. The molecular formula is C15H17ClN2O3. The number of ether oxygens (including phenoxy) is 1. The topological polar surface area (TPSA) is 67.8 Å². The molecule has 112 valence electrons. The predicted molar refractivity (Wildman–Crippen MR) is 81.2 cm³/mol. The van der Waals surface area contributed by atoms with Crippen molar-refractivity contribution in [3.63, 3.8) is 0 Å². The minimum Gasteiger partial charge on any atom is -0.380 e. The lowest BCUT2D eigenvalue weighted by molar-refractivity contribution is -0.118. The van der Waals surface area contributed by atoms with Gasteiger partial charge in [0.15, 0.2) is 0 Å². The third-order valence-corrected chi connectivity index (χ3v) is 3.44. The normalized spacial score (nSPS) is 22.5. The van der Waals surface area contributed by atoms with Crippen LogP contribution in [0.5, 0.6) is 0 Å². The zero-order chi connectivity index (χ0) is 15.2. The van der Waals surface area contributed by atoms with Crippen LogP contribution in [0.3, 0.4) is 0 Å². The van der Waals surface area contributed by atoms with E-state index in [0.717, 1.165) is 11.3 Å². The van der Waals surface area contributed by atoms with E-state index in [9.17, 15) is 9.59 Å². The molecule has 0 radical (unpaired) electrons. The highest BCUT2D eigenvalue weighted by atomic mass is 35.5. The maximum atomic E-state index is 11.6. The molecule has 0 fully saturated rings.